The topological polar surface area (TPSA) is 42.2 Å². The Morgan fingerprint density at radius 3 is 2.48 bits per heavy atom. The summed E-state index contributed by atoms with van der Waals surface area (Å²) in [6.07, 6.45) is 1.65. The Labute approximate surface area is 145 Å². The summed E-state index contributed by atoms with van der Waals surface area (Å²) in [5.41, 5.74) is 1.19. The maximum Gasteiger partial charge on any atom is 0.131 e. The van der Waals surface area contributed by atoms with Gasteiger partial charge in [0.2, 0.25) is 0 Å². The number of allylic oxidation sites excluding steroid dienone is 1. The number of fused-ring (bicyclic) bond motifs is 1. The zero-order chi connectivity index (χ0) is 17.8. The third kappa shape index (κ3) is 3.17. The molecule has 0 saturated heterocycles. The van der Waals surface area contributed by atoms with E-state index in [1.807, 2.05) is 30.3 Å². The first-order chi connectivity index (χ1) is 12.2. The van der Waals surface area contributed by atoms with Gasteiger partial charge in [0.05, 0.1) is 25.9 Å². The van der Waals surface area contributed by atoms with Crippen molar-refractivity contribution >= 4 is 22.4 Å². The van der Waals surface area contributed by atoms with Gasteiger partial charge in [-0.05, 0) is 41.1 Å². The van der Waals surface area contributed by atoms with E-state index in [1.165, 1.54) is 6.07 Å². The molecule has 124 valence electrons. The highest BCUT2D eigenvalue weighted by Crippen LogP contribution is 2.34. The molecule has 0 aliphatic heterocycles. The monoisotopic (exact) mass is 333 g/mol. The summed E-state index contributed by atoms with van der Waals surface area (Å²) in [7, 11) is 3.16. The van der Waals surface area contributed by atoms with Gasteiger partial charge >= 0.3 is 0 Å². The predicted octanol–water partition coefficient (Wildman–Crippen LogP) is 5.06. The molecule has 0 bridgehead atoms. The average molecular weight is 333 g/mol. The molecular formula is C21H16FNO2. The van der Waals surface area contributed by atoms with E-state index in [0.717, 1.165) is 10.8 Å². The number of rotatable bonds is 4. The fourth-order valence-electron chi connectivity index (χ4n) is 2.75. The first-order valence-corrected chi connectivity index (χ1v) is 7.69. The summed E-state index contributed by atoms with van der Waals surface area (Å²) in [6.45, 7) is 0. The Balaban J connectivity index is 2.29. The maximum absolute atomic E-state index is 14.1. The van der Waals surface area contributed by atoms with Crippen molar-refractivity contribution in [1.29, 1.82) is 5.26 Å². The lowest BCUT2D eigenvalue weighted by atomic mass is 9.98. The van der Waals surface area contributed by atoms with Crippen molar-refractivity contribution in [2.75, 3.05) is 14.2 Å². The van der Waals surface area contributed by atoms with E-state index in [2.05, 4.69) is 6.07 Å². The van der Waals surface area contributed by atoms with Gasteiger partial charge in [-0.2, -0.15) is 5.26 Å². The molecule has 0 heterocycles. The third-order valence-corrected chi connectivity index (χ3v) is 4.02. The van der Waals surface area contributed by atoms with E-state index in [-0.39, 0.29) is 11.1 Å². The number of methoxy groups -OCH3 is 2. The van der Waals surface area contributed by atoms with Gasteiger partial charge in [0.15, 0.2) is 0 Å². The molecule has 0 aliphatic rings. The second-order valence-electron chi connectivity index (χ2n) is 5.42. The molecule has 0 radical (unpaired) electrons. The Bertz CT molecular complexity index is 997. The van der Waals surface area contributed by atoms with Gasteiger partial charge < -0.3 is 9.47 Å². The Kier molecular flexibility index (Phi) is 4.67. The molecule has 3 nitrogen and oxygen atoms in total. The van der Waals surface area contributed by atoms with Crippen LogP contribution in [0.2, 0.25) is 0 Å². The van der Waals surface area contributed by atoms with E-state index in [4.69, 9.17) is 9.47 Å². The number of hydrogen-bond acceptors (Lipinski definition) is 3. The number of nitrogens with zero attached hydrogens (tertiary/aromatic N) is 1. The van der Waals surface area contributed by atoms with Crippen molar-refractivity contribution in [2.45, 2.75) is 0 Å². The van der Waals surface area contributed by atoms with Crippen LogP contribution in [0, 0.1) is 17.1 Å². The number of hydrogen-bond donors (Lipinski definition) is 0. The summed E-state index contributed by atoms with van der Waals surface area (Å²) in [5, 5.41) is 11.4. The van der Waals surface area contributed by atoms with Crippen molar-refractivity contribution in [3.63, 3.8) is 0 Å². The van der Waals surface area contributed by atoms with Gasteiger partial charge in [0, 0.05) is 11.1 Å². The Morgan fingerprint density at radius 2 is 1.80 bits per heavy atom. The van der Waals surface area contributed by atoms with Crippen LogP contribution in [0.1, 0.15) is 11.1 Å². The van der Waals surface area contributed by atoms with Gasteiger partial charge in [-0.25, -0.2) is 4.39 Å². The largest absolute Gasteiger partial charge is 0.497 e. The van der Waals surface area contributed by atoms with Gasteiger partial charge in [0.1, 0.15) is 17.3 Å². The maximum atomic E-state index is 14.1. The number of halogens is 1. The molecule has 0 unspecified atom stereocenters. The van der Waals surface area contributed by atoms with Crippen LogP contribution in [0.3, 0.4) is 0 Å². The molecule has 25 heavy (non-hydrogen) atoms. The summed E-state index contributed by atoms with van der Waals surface area (Å²) in [6, 6.07) is 17.7. The van der Waals surface area contributed by atoms with Crippen LogP contribution in [-0.2, 0) is 0 Å². The number of ether oxygens (including phenoxy) is 2. The molecule has 0 fully saturated rings. The number of benzene rings is 3. The summed E-state index contributed by atoms with van der Waals surface area (Å²) in [4.78, 5) is 0. The minimum atomic E-state index is -0.438. The van der Waals surface area contributed by atoms with Crippen molar-refractivity contribution < 1.29 is 13.9 Å². The van der Waals surface area contributed by atoms with Crippen molar-refractivity contribution in [3.05, 3.63) is 71.5 Å². The van der Waals surface area contributed by atoms with E-state index in [1.54, 1.807) is 38.5 Å². The lowest BCUT2D eigenvalue weighted by molar-refractivity contribution is 0.413. The van der Waals surface area contributed by atoms with Crippen LogP contribution in [0.25, 0.3) is 22.4 Å². The van der Waals surface area contributed by atoms with E-state index >= 15 is 0 Å². The Morgan fingerprint density at radius 1 is 1.04 bits per heavy atom. The van der Waals surface area contributed by atoms with Crippen LogP contribution in [-0.4, -0.2) is 14.2 Å². The summed E-state index contributed by atoms with van der Waals surface area (Å²) < 4.78 is 24.9. The molecule has 3 aromatic carbocycles. The van der Waals surface area contributed by atoms with Crippen LogP contribution in [0.5, 0.6) is 11.5 Å². The molecular weight excluding hydrogens is 317 g/mol. The van der Waals surface area contributed by atoms with Gasteiger partial charge in [-0.3, -0.25) is 0 Å². The lowest BCUT2D eigenvalue weighted by Gasteiger charge is -2.11. The molecule has 3 rings (SSSR count). The second-order valence-corrected chi connectivity index (χ2v) is 5.42. The number of nitriles is 1. The van der Waals surface area contributed by atoms with Crippen molar-refractivity contribution in [3.8, 4) is 17.6 Å². The minimum Gasteiger partial charge on any atom is -0.497 e. The molecule has 0 amide bonds. The van der Waals surface area contributed by atoms with Gasteiger partial charge in [0.25, 0.3) is 0 Å². The highest BCUT2D eigenvalue weighted by Gasteiger charge is 2.12. The first-order valence-electron chi connectivity index (χ1n) is 7.69. The predicted molar refractivity (Wildman–Crippen MR) is 96.9 cm³/mol. The molecule has 0 atom stereocenters. The molecule has 0 aromatic heterocycles. The quantitative estimate of drug-likeness (QED) is 0.495. The van der Waals surface area contributed by atoms with Gasteiger partial charge in [-0.15, -0.1) is 0 Å². The third-order valence-electron chi connectivity index (χ3n) is 4.02. The van der Waals surface area contributed by atoms with E-state index in [0.29, 0.717) is 17.1 Å². The molecule has 4 heteroatoms. The zero-order valence-electron chi connectivity index (χ0n) is 13.9. The Hall–Kier alpha value is -3.32. The lowest BCUT2D eigenvalue weighted by Crippen LogP contribution is -1.92. The molecule has 0 spiro atoms. The standard InChI is InChI=1S/C21H16FNO2/c1-24-16-9-7-14-8-10-21(25-2)19(18(14)12-16)11-15(13-23)17-5-3-4-6-20(17)22/h3-12H,1-2H3/b15-11-. The van der Waals surface area contributed by atoms with E-state index in [9.17, 15) is 9.65 Å². The van der Waals surface area contributed by atoms with Crippen LogP contribution >= 0.6 is 0 Å². The molecule has 0 saturated carbocycles. The fourth-order valence-corrected chi connectivity index (χ4v) is 2.75. The average Bonchev–Trinajstić information content (AvgIpc) is 2.66. The van der Waals surface area contributed by atoms with Crippen LogP contribution in [0.4, 0.5) is 4.39 Å². The van der Waals surface area contributed by atoms with Crippen LogP contribution in [0.15, 0.2) is 54.6 Å². The SMILES string of the molecule is COc1ccc2ccc(OC)c(/C=C(/C#N)c3ccccc3F)c2c1. The summed E-state index contributed by atoms with van der Waals surface area (Å²) >= 11 is 0. The van der Waals surface area contributed by atoms with Crippen molar-refractivity contribution in [2.24, 2.45) is 0 Å². The smallest absolute Gasteiger partial charge is 0.131 e. The van der Waals surface area contributed by atoms with Crippen LogP contribution < -0.4 is 9.47 Å². The highest BCUT2D eigenvalue weighted by atomic mass is 19.1. The zero-order valence-corrected chi connectivity index (χ0v) is 13.9. The first kappa shape index (κ1) is 16.5. The molecule has 0 aliphatic carbocycles. The van der Waals surface area contributed by atoms with E-state index < -0.39 is 5.82 Å². The van der Waals surface area contributed by atoms with Crippen molar-refractivity contribution in [1.82, 2.24) is 0 Å². The second kappa shape index (κ2) is 7.06. The molecule has 0 N–H and O–H groups in total. The van der Waals surface area contributed by atoms with Gasteiger partial charge in [-0.1, -0.05) is 30.3 Å². The molecule has 3 aromatic rings. The summed E-state index contributed by atoms with van der Waals surface area (Å²) in [5.74, 6) is 0.858. The fraction of sp³-hybridized carbons (Fsp3) is 0.0952. The minimum absolute atomic E-state index is 0.228. The highest BCUT2D eigenvalue weighted by molar-refractivity contribution is 6.00. The normalized spacial score (nSPS) is 11.2.